The lowest BCUT2D eigenvalue weighted by Crippen LogP contribution is -2.46. The van der Waals surface area contributed by atoms with Crippen LogP contribution in [-0.4, -0.2) is 29.8 Å². The number of rotatable bonds is 6. The van der Waals surface area contributed by atoms with E-state index in [0.29, 0.717) is 11.5 Å². The molecule has 0 aromatic heterocycles. The molecule has 3 atom stereocenters. The first-order valence-electron chi connectivity index (χ1n) is 10.2. The van der Waals surface area contributed by atoms with Crippen LogP contribution in [0.3, 0.4) is 0 Å². The SMILES string of the molecule is C[C@@H](OC(=O)c1ccccc1C(=O)c1ccccc1)C(=O)N[C@H]1CCCC[C@@H]1C. The molecule has 29 heavy (non-hydrogen) atoms. The Hall–Kier alpha value is -2.95. The quantitative estimate of drug-likeness (QED) is 0.591. The van der Waals surface area contributed by atoms with Gasteiger partial charge in [0.25, 0.3) is 5.91 Å². The first-order chi connectivity index (χ1) is 14.0. The fraction of sp³-hybridized carbons (Fsp3) is 0.375. The standard InChI is InChI=1S/C24H27NO4/c1-16-10-6-9-15-21(16)25-23(27)17(2)29-24(28)20-14-8-7-13-19(20)22(26)18-11-4-3-5-12-18/h3-5,7-8,11-14,16-17,21H,6,9-10,15H2,1-2H3,(H,25,27)/t16-,17+,21-/m0/s1. The van der Waals surface area contributed by atoms with Crippen LogP contribution in [0.2, 0.25) is 0 Å². The predicted molar refractivity (Wildman–Crippen MR) is 111 cm³/mol. The molecule has 3 rings (SSSR count). The number of benzene rings is 2. The summed E-state index contributed by atoms with van der Waals surface area (Å²) in [7, 11) is 0. The van der Waals surface area contributed by atoms with Crippen molar-refractivity contribution in [1.29, 1.82) is 0 Å². The summed E-state index contributed by atoms with van der Waals surface area (Å²) in [6.45, 7) is 3.69. The zero-order chi connectivity index (χ0) is 20.8. The molecule has 0 spiro atoms. The first kappa shape index (κ1) is 20.8. The highest BCUT2D eigenvalue weighted by Crippen LogP contribution is 2.24. The second-order valence-electron chi connectivity index (χ2n) is 7.67. The minimum atomic E-state index is -0.934. The number of ether oxygens (including phenoxy) is 1. The van der Waals surface area contributed by atoms with Crippen molar-refractivity contribution < 1.29 is 19.1 Å². The summed E-state index contributed by atoms with van der Waals surface area (Å²) in [5, 5.41) is 3.01. The molecule has 0 bridgehead atoms. The third kappa shape index (κ3) is 5.11. The lowest BCUT2D eigenvalue weighted by molar-refractivity contribution is -0.130. The average Bonchev–Trinajstić information content (AvgIpc) is 2.75. The van der Waals surface area contributed by atoms with Crippen LogP contribution in [0.15, 0.2) is 54.6 Å². The smallest absolute Gasteiger partial charge is 0.339 e. The molecular formula is C24H27NO4. The Morgan fingerprint density at radius 2 is 1.55 bits per heavy atom. The number of hydrogen-bond acceptors (Lipinski definition) is 4. The van der Waals surface area contributed by atoms with Gasteiger partial charge in [0.1, 0.15) is 0 Å². The lowest BCUT2D eigenvalue weighted by Gasteiger charge is -2.30. The second-order valence-corrected chi connectivity index (χ2v) is 7.67. The fourth-order valence-electron chi connectivity index (χ4n) is 3.71. The Bertz CT molecular complexity index is 877. The van der Waals surface area contributed by atoms with Crippen LogP contribution < -0.4 is 5.32 Å². The van der Waals surface area contributed by atoms with Crippen LogP contribution in [0, 0.1) is 5.92 Å². The van der Waals surface area contributed by atoms with Gasteiger partial charge in [0, 0.05) is 17.2 Å². The molecule has 0 heterocycles. The molecule has 1 aliphatic rings. The van der Waals surface area contributed by atoms with Crippen molar-refractivity contribution in [1.82, 2.24) is 5.32 Å². The molecule has 1 fully saturated rings. The molecule has 1 N–H and O–H groups in total. The summed E-state index contributed by atoms with van der Waals surface area (Å²) in [6, 6.07) is 15.4. The molecule has 0 saturated heterocycles. The largest absolute Gasteiger partial charge is 0.449 e. The van der Waals surface area contributed by atoms with Crippen molar-refractivity contribution in [2.45, 2.75) is 51.7 Å². The van der Waals surface area contributed by atoms with Gasteiger partial charge in [-0.2, -0.15) is 0 Å². The summed E-state index contributed by atoms with van der Waals surface area (Å²) < 4.78 is 5.40. The molecule has 152 valence electrons. The van der Waals surface area contributed by atoms with Crippen LogP contribution in [0.4, 0.5) is 0 Å². The number of amides is 1. The number of nitrogens with one attached hydrogen (secondary N) is 1. The van der Waals surface area contributed by atoms with Crippen LogP contribution >= 0.6 is 0 Å². The van der Waals surface area contributed by atoms with Crippen LogP contribution in [0.1, 0.15) is 65.8 Å². The van der Waals surface area contributed by atoms with Gasteiger partial charge in [0.2, 0.25) is 0 Å². The maximum Gasteiger partial charge on any atom is 0.339 e. The van der Waals surface area contributed by atoms with Crippen molar-refractivity contribution in [3.63, 3.8) is 0 Å². The van der Waals surface area contributed by atoms with Gasteiger partial charge in [0.15, 0.2) is 11.9 Å². The minimum absolute atomic E-state index is 0.115. The van der Waals surface area contributed by atoms with Crippen LogP contribution in [0.25, 0.3) is 0 Å². The zero-order valence-electron chi connectivity index (χ0n) is 16.9. The van der Waals surface area contributed by atoms with Crippen LogP contribution in [0.5, 0.6) is 0 Å². The van der Waals surface area contributed by atoms with E-state index in [1.165, 1.54) is 6.42 Å². The highest BCUT2D eigenvalue weighted by molar-refractivity contribution is 6.14. The molecule has 0 aliphatic heterocycles. The Kier molecular flexibility index (Phi) is 6.81. The van der Waals surface area contributed by atoms with Crippen molar-refractivity contribution in [2.24, 2.45) is 5.92 Å². The fourth-order valence-corrected chi connectivity index (χ4v) is 3.71. The first-order valence-corrected chi connectivity index (χ1v) is 10.2. The van der Waals surface area contributed by atoms with Gasteiger partial charge in [-0.05, 0) is 31.7 Å². The highest BCUT2D eigenvalue weighted by atomic mass is 16.5. The molecule has 2 aromatic rings. The predicted octanol–water partition coefficient (Wildman–Crippen LogP) is 4.16. The van der Waals surface area contributed by atoms with Crippen LogP contribution in [-0.2, 0) is 9.53 Å². The molecule has 0 radical (unpaired) electrons. The molecule has 5 nitrogen and oxygen atoms in total. The average molecular weight is 393 g/mol. The lowest BCUT2D eigenvalue weighted by atomic mass is 9.86. The maximum absolute atomic E-state index is 12.8. The third-order valence-corrected chi connectivity index (χ3v) is 5.52. The summed E-state index contributed by atoms with van der Waals surface area (Å²) >= 11 is 0. The molecule has 0 unspecified atom stereocenters. The minimum Gasteiger partial charge on any atom is -0.449 e. The molecule has 1 saturated carbocycles. The van der Waals surface area contributed by atoms with E-state index in [-0.39, 0.29) is 28.9 Å². The number of ketones is 1. The third-order valence-electron chi connectivity index (χ3n) is 5.52. The van der Waals surface area contributed by atoms with Gasteiger partial charge >= 0.3 is 5.97 Å². The number of carbonyl (C=O) groups excluding carboxylic acids is 3. The number of carbonyl (C=O) groups is 3. The Morgan fingerprint density at radius 3 is 2.24 bits per heavy atom. The monoisotopic (exact) mass is 393 g/mol. The van der Waals surface area contributed by atoms with E-state index in [1.807, 2.05) is 6.07 Å². The van der Waals surface area contributed by atoms with Crippen molar-refractivity contribution in [2.75, 3.05) is 0 Å². The summed E-state index contributed by atoms with van der Waals surface area (Å²) in [5.74, 6) is -0.820. The second kappa shape index (κ2) is 9.50. The molecule has 1 amide bonds. The van der Waals surface area contributed by atoms with Gasteiger partial charge in [-0.1, -0.05) is 68.3 Å². The zero-order valence-corrected chi connectivity index (χ0v) is 16.9. The molecule has 5 heteroatoms. The van der Waals surface area contributed by atoms with E-state index in [0.717, 1.165) is 19.3 Å². The van der Waals surface area contributed by atoms with Gasteiger partial charge < -0.3 is 10.1 Å². The Morgan fingerprint density at radius 1 is 0.931 bits per heavy atom. The van der Waals surface area contributed by atoms with E-state index in [4.69, 9.17) is 4.74 Å². The Labute approximate surface area is 171 Å². The van der Waals surface area contributed by atoms with E-state index in [1.54, 1.807) is 55.5 Å². The normalized spacial score (nSPS) is 19.8. The maximum atomic E-state index is 12.8. The van der Waals surface area contributed by atoms with Gasteiger partial charge in [-0.25, -0.2) is 4.79 Å². The van der Waals surface area contributed by atoms with Crippen molar-refractivity contribution >= 4 is 17.7 Å². The Balaban J connectivity index is 1.69. The highest BCUT2D eigenvalue weighted by Gasteiger charge is 2.27. The summed E-state index contributed by atoms with van der Waals surface area (Å²) in [4.78, 5) is 38.0. The van der Waals surface area contributed by atoms with Gasteiger partial charge in [-0.15, -0.1) is 0 Å². The number of esters is 1. The van der Waals surface area contributed by atoms with E-state index < -0.39 is 12.1 Å². The van der Waals surface area contributed by atoms with Crippen molar-refractivity contribution in [3.05, 3.63) is 71.3 Å². The van der Waals surface area contributed by atoms with Crippen molar-refractivity contribution in [3.8, 4) is 0 Å². The molecular weight excluding hydrogens is 366 g/mol. The molecule has 1 aliphatic carbocycles. The molecule has 2 aromatic carbocycles. The van der Waals surface area contributed by atoms with Gasteiger partial charge in [-0.3, -0.25) is 9.59 Å². The van der Waals surface area contributed by atoms with E-state index in [2.05, 4.69) is 12.2 Å². The van der Waals surface area contributed by atoms with E-state index in [9.17, 15) is 14.4 Å². The number of hydrogen-bond donors (Lipinski definition) is 1. The summed E-state index contributed by atoms with van der Waals surface area (Å²) in [6.07, 6.45) is 3.38. The summed E-state index contributed by atoms with van der Waals surface area (Å²) in [5.41, 5.74) is 0.911. The topological polar surface area (TPSA) is 72.5 Å². The van der Waals surface area contributed by atoms with E-state index >= 15 is 0 Å². The van der Waals surface area contributed by atoms with Gasteiger partial charge in [0.05, 0.1) is 5.56 Å².